The lowest BCUT2D eigenvalue weighted by atomic mass is 10.2. The Kier molecular flexibility index (Phi) is 4.15. The lowest BCUT2D eigenvalue weighted by molar-refractivity contribution is 0.0687. The summed E-state index contributed by atoms with van der Waals surface area (Å²) in [5.74, 6) is -2.04. The largest absolute Gasteiger partial charge is 0.489 e. The zero-order chi connectivity index (χ0) is 13.0. The predicted octanol–water partition coefficient (Wildman–Crippen LogP) is 2.47. The summed E-state index contributed by atoms with van der Waals surface area (Å²) in [5, 5.41) is 8.93. The van der Waals surface area contributed by atoms with Crippen molar-refractivity contribution < 1.29 is 23.8 Å². The van der Waals surface area contributed by atoms with Crippen molar-refractivity contribution in [2.75, 3.05) is 13.2 Å². The van der Waals surface area contributed by atoms with Gasteiger partial charge in [0.2, 0.25) is 0 Å². The van der Waals surface area contributed by atoms with E-state index in [1.54, 1.807) is 0 Å². The second-order valence-electron chi connectivity index (χ2n) is 4.19. The van der Waals surface area contributed by atoms with E-state index in [4.69, 9.17) is 14.6 Å². The minimum absolute atomic E-state index is 0.144. The number of halogens is 1. The fraction of sp³-hybridized carbons (Fsp3) is 0.462. The standard InChI is InChI=1S/C13H15FO4/c14-11-5-1-4-10(13(15)16)12(11)18-8-6-9-3-2-7-17-9/h1,4-5,9H,2-3,6-8H2,(H,15,16). The molecule has 1 aliphatic rings. The molecule has 1 aromatic rings. The molecule has 0 bridgehead atoms. The van der Waals surface area contributed by atoms with E-state index in [1.807, 2.05) is 0 Å². The van der Waals surface area contributed by atoms with Gasteiger partial charge in [-0.1, -0.05) is 6.07 Å². The molecule has 4 nitrogen and oxygen atoms in total. The summed E-state index contributed by atoms with van der Waals surface area (Å²) in [6.07, 6.45) is 2.80. The van der Waals surface area contributed by atoms with Crippen molar-refractivity contribution in [3.8, 4) is 5.75 Å². The number of hydrogen-bond acceptors (Lipinski definition) is 3. The second kappa shape index (κ2) is 5.82. The van der Waals surface area contributed by atoms with E-state index in [0.717, 1.165) is 19.4 Å². The highest BCUT2D eigenvalue weighted by Gasteiger charge is 2.18. The highest BCUT2D eigenvalue weighted by atomic mass is 19.1. The van der Waals surface area contributed by atoms with Crippen LogP contribution in [0.15, 0.2) is 18.2 Å². The van der Waals surface area contributed by atoms with Crippen LogP contribution in [0.1, 0.15) is 29.6 Å². The maximum Gasteiger partial charge on any atom is 0.339 e. The molecule has 1 unspecified atom stereocenters. The van der Waals surface area contributed by atoms with Gasteiger partial charge in [0.15, 0.2) is 11.6 Å². The van der Waals surface area contributed by atoms with Gasteiger partial charge in [-0.15, -0.1) is 0 Å². The highest BCUT2D eigenvalue weighted by Crippen LogP contribution is 2.23. The number of rotatable bonds is 5. The molecular weight excluding hydrogens is 239 g/mol. The zero-order valence-electron chi connectivity index (χ0n) is 9.89. The number of ether oxygens (including phenoxy) is 2. The van der Waals surface area contributed by atoms with Crippen LogP contribution in [0.5, 0.6) is 5.75 Å². The first-order chi connectivity index (χ1) is 8.68. The normalized spacial score (nSPS) is 18.8. The van der Waals surface area contributed by atoms with Crippen LogP contribution in [0, 0.1) is 5.82 Å². The minimum atomic E-state index is -1.19. The third-order valence-corrected chi connectivity index (χ3v) is 2.91. The molecule has 0 aromatic heterocycles. The molecule has 0 radical (unpaired) electrons. The summed E-state index contributed by atoms with van der Waals surface area (Å²) >= 11 is 0. The van der Waals surface area contributed by atoms with Crippen molar-refractivity contribution in [1.82, 2.24) is 0 Å². The van der Waals surface area contributed by atoms with Crippen molar-refractivity contribution in [3.63, 3.8) is 0 Å². The molecule has 1 heterocycles. The van der Waals surface area contributed by atoms with Gasteiger partial charge in [-0.3, -0.25) is 0 Å². The van der Waals surface area contributed by atoms with Crippen LogP contribution in [0.25, 0.3) is 0 Å². The molecule has 18 heavy (non-hydrogen) atoms. The molecule has 5 heteroatoms. The first-order valence-corrected chi connectivity index (χ1v) is 5.94. The van der Waals surface area contributed by atoms with Crippen molar-refractivity contribution >= 4 is 5.97 Å². The highest BCUT2D eigenvalue weighted by molar-refractivity contribution is 5.90. The summed E-state index contributed by atoms with van der Waals surface area (Å²) in [6.45, 7) is 1.01. The molecule has 1 N–H and O–H groups in total. The van der Waals surface area contributed by atoms with Crippen molar-refractivity contribution in [1.29, 1.82) is 0 Å². The van der Waals surface area contributed by atoms with Crippen molar-refractivity contribution in [2.24, 2.45) is 0 Å². The van der Waals surface area contributed by atoms with Crippen LogP contribution in [0.3, 0.4) is 0 Å². The van der Waals surface area contributed by atoms with Gasteiger partial charge in [-0.25, -0.2) is 9.18 Å². The Balaban J connectivity index is 1.97. The molecule has 0 saturated carbocycles. The average Bonchev–Trinajstić information content (AvgIpc) is 2.84. The number of aromatic carboxylic acids is 1. The number of hydrogen-bond donors (Lipinski definition) is 1. The van der Waals surface area contributed by atoms with E-state index >= 15 is 0 Å². The van der Waals surface area contributed by atoms with Gasteiger partial charge in [0.1, 0.15) is 5.56 Å². The van der Waals surface area contributed by atoms with Gasteiger partial charge in [-0.05, 0) is 25.0 Å². The lowest BCUT2D eigenvalue weighted by Crippen LogP contribution is -2.13. The first-order valence-electron chi connectivity index (χ1n) is 5.94. The van der Waals surface area contributed by atoms with Gasteiger partial charge in [0.25, 0.3) is 0 Å². The summed E-state index contributed by atoms with van der Waals surface area (Å²) in [5.41, 5.74) is -0.151. The van der Waals surface area contributed by atoms with Gasteiger partial charge >= 0.3 is 5.97 Å². The van der Waals surface area contributed by atoms with E-state index in [0.29, 0.717) is 6.42 Å². The third-order valence-electron chi connectivity index (χ3n) is 2.91. The van der Waals surface area contributed by atoms with E-state index in [-0.39, 0.29) is 24.0 Å². The Morgan fingerprint density at radius 2 is 2.39 bits per heavy atom. The lowest BCUT2D eigenvalue weighted by Gasteiger charge is -2.12. The number of carboxylic acids is 1. The molecule has 98 valence electrons. The molecule has 2 rings (SSSR count). The molecule has 1 atom stereocenters. The minimum Gasteiger partial charge on any atom is -0.489 e. The Morgan fingerprint density at radius 3 is 3.06 bits per heavy atom. The molecule has 1 saturated heterocycles. The summed E-state index contributed by atoms with van der Waals surface area (Å²) in [7, 11) is 0. The summed E-state index contributed by atoms with van der Waals surface area (Å²) in [6, 6.07) is 3.87. The molecule has 1 fully saturated rings. The Labute approximate surface area is 104 Å². The number of para-hydroxylation sites is 1. The van der Waals surface area contributed by atoms with Crippen molar-refractivity contribution in [2.45, 2.75) is 25.4 Å². The monoisotopic (exact) mass is 254 g/mol. The van der Waals surface area contributed by atoms with Gasteiger partial charge in [-0.2, -0.15) is 0 Å². The Morgan fingerprint density at radius 1 is 1.56 bits per heavy atom. The fourth-order valence-corrected chi connectivity index (χ4v) is 1.99. The quantitative estimate of drug-likeness (QED) is 0.877. The topological polar surface area (TPSA) is 55.8 Å². The van der Waals surface area contributed by atoms with Gasteiger partial charge in [0.05, 0.1) is 12.7 Å². The van der Waals surface area contributed by atoms with E-state index < -0.39 is 11.8 Å². The fourth-order valence-electron chi connectivity index (χ4n) is 1.99. The van der Waals surface area contributed by atoms with Crippen LogP contribution < -0.4 is 4.74 Å². The van der Waals surface area contributed by atoms with E-state index in [1.165, 1.54) is 18.2 Å². The second-order valence-corrected chi connectivity index (χ2v) is 4.19. The number of benzene rings is 1. The maximum absolute atomic E-state index is 13.5. The SMILES string of the molecule is O=C(O)c1cccc(F)c1OCCC1CCCO1. The van der Waals surface area contributed by atoms with Gasteiger partial charge < -0.3 is 14.6 Å². The molecule has 0 spiro atoms. The summed E-state index contributed by atoms with van der Waals surface area (Å²) in [4.78, 5) is 10.9. The first kappa shape index (κ1) is 12.8. The molecule has 0 amide bonds. The predicted molar refractivity (Wildman–Crippen MR) is 62.4 cm³/mol. The molecular formula is C13H15FO4. The molecule has 1 aromatic carbocycles. The smallest absolute Gasteiger partial charge is 0.339 e. The van der Waals surface area contributed by atoms with Crippen LogP contribution in [0.4, 0.5) is 4.39 Å². The molecule has 0 aliphatic carbocycles. The van der Waals surface area contributed by atoms with E-state index in [2.05, 4.69) is 0 Å². The van der Waals surface area contributed by atoms with Crippen LogP contribution in [0.2, 0.25) is 0 Å². The number of carbonyl (C=O) groups is 1. The Hall–Kier alpha value is -1.62. The van der Waals surface area contributed by atoms with Crippen LogP contribution >= 0.6 is 0 Å². The van der Waals surface area contributed by atoms with Crippen LogP contribution in [-0.4, -0.2) is 30.4 Å². The average molecular weight is 254 g/mol. The Bertz CT molecular complexity index is 427. The maximum atomic E-state index is 13.5. The van der Waals surface area contributed by atoms with Crippen LogP contribution in [-0.2, 0) is 4.74 Å². The number of carboxylic acid groups (broad SMARTS) is 1. The van der Waals surface area contributed by atoms with E-state index in [9.17, 15) is 9.18 Å². The molecule has 1 aliphatic heterocycles. The van der Waals surface area contributed by atoms with Gasteiger partial charge in [0, 0.05) is 13.0 Å². The third kappa shape index (κ3) is 2.98. The summed E-state index contributed by atoms with van der Waals surface area (Å²) < 4.78 is 24.2. The zero-order valence-corrected chi connectivity index (χ0v) is 9.89. The van der Waals surface area contributed by atoms with Crippen molar-refractivity contribution in [3.05, 3.63) is 29.6 Å².